The number of rotatable bonds is 1. The highest BCUT2D eigenvalue weighted by molar-refractivity contribution is 6.03. The fourth-order valence-electron chi connectivity index (χ4n) is 2.11. The number of nitrogens with zero attached hydrogens (tertiary/aromatic N) is 2. The molecule has 1 aliphatic rings. The van der Waals surface area contributed by atoms with Crippen molar-refractivity contribution in [3.8, 4) is 0 Å². The third-order valence-electron chi connectivity index (χ3n) is 3.06. The van der Waals surface area contributed by atoms with Gasteiger partial charge in [0.1, 0.15) is 5.54 Å². The molecule has 18 heavy (non-hydrogen) atoms. The minimum atomic E-state index is -0.879. The van der Waals surface area contributed by atoms with Crippen molar-refractivity contribution in [2.75, 3.05) is 11.4 Å². The van der Waals surface area contributed by atoms with E-state index in [1.807, 2.05) is 13.0 Å². The molecule has 1 fully saturated rings. The van der Waals surface area contributed by atoms with Gasteiger partial charge in [-0.2, -0.15) is 0 Å². The maximum absolute atomic E-state index is 12.4. The van der Waals surface area contributed by atoms with Crippen LogP contribution in [-0.2, 0) is 9.59 Å². The maximum atomic E-state index is 12.4. The first kappa shape index (κ1) is 12.5. The van der Waals surface area contributed by atoms with E-state index in [0.717, 1.165) is 11.4 Å². The van der Waals surface area contributed by atoms with E-state index >= 15 is 0 Å². The zero-order valence-corrected chi connectivity index (χ0v) is 10.9. The topological polar surface area (TPSA) is 62.3 Å². The first-order valence-electron chi connectivity index (χ1n) is 5.96. The Balaban J connectivity index is 2.41. The van der Waals surface area contributed by atoms with Gasteiger partial charge in [0.2, 0.25) is 5.91 Å². The van der Waals surface area contributed by atoms with Crippen molar-refractivity contribution in [1.29, 1.82) is 0 Å². The minimum absolute atomic E-state index is 0.0996. The van der Waals surface area contributed by atoms with Gasteiger partial charge in [0.05, 0.1) is 11.4 Å². The Morgan fingerprint density at radius 2 is 2.11 bits per heavy atom. The van der Waals surface area contributed by atoms with Crippen LogP contribution in [0.3, 0.4) is 0 Å². The van der Waals surface area contributed by atoms with Crippen molar-refractivity contribution in [2.24, 2.45) is 0 Å². The minimum Gasteiger partial charge on any atom is -0.342 e. The molecule has 1 aromatic heterocycles. The largest absolute Gasteiger partial charge is 0.342 e. The molecule has 5 nitrogen and oxygen atoms in total. The number of pyridine rings is 1. The fraction of sp³-hybridized carbons (Fsp3) is 0.462. The smallest absolute Gasteiger partial charge is 0.252 e. The van der Waals surface area contributed by atoms with Crippen LogP contribution >= 0.6 is 0 Å². The van der Waals surface area contributed by atoms with Gasteiger partial charge in [0.15, 0.2) is 0 Å². The van der Waals surface area contributed by atoms with Crippen LogP contribution in [0.15, 0.2) is 18.3 Å². The average Bonchev–Trinajstić information content (AvgIpc) is 2.39. The molecule has 1 aromatic rings. The summed E-state index contributed by atoms with van der Waals surface area (Å²) < 4.78 is 0. The van der Waals surface area contributed by atoms with Crippen LogP contribution in [-0.4, -0.2) is 28.9 Å². The summed E-state index contributed by atoms with van der Waals surface area (Å²) >= 11 is 0. The molecular weight excluding hydrogens is 230 g/mol. The number of carbonyl (C=O) groups is 2. The van der Waals surface area contributed by atoms with E-state index in [-0.39, 0.29) is 11.8 Å². The molecule has 0 atom stereocenters. The molecule has 0 unspecified atom stereocenters. The fourth-order valence-corrected chi connectivity index (χ4v) is 2.11. The van der Waals surface area contributed by atoms with Crippen molar-refractivity contribution < 1.29 is 9.59 Å². The van der Waals surface area contributed by atoms with E-state index in [1.54, 1.807) is 31.0 Å². The predicted octanol–water partition coefficient (Wildman–Crippen LogP) is 1.02. The van der Waals surface area contributed by atoms with Gasteiger partial charge < -0.3 is 10.2 Å². The maximum Gasteiger partial charge on any atom is 0.252 e. The Kier molecular flexibility index (Phi) is 3.07. The summed E-state index contributed by atoms with van der Waals surface area (Å²) in [6.07, 6.45) is 2.00. The van der Waals surface area contributed by atoms with E-state index in [4.69, 9.17) is 0 Å². The van der Waals surface area contributed by atoms with Gasteiger partial charge in [-0.1, -0.05) is 0 Å². The lowest BCUT2D eigenvalue weighted by Crippen LogP contribution is -2.53. The van der Waals surface area contributed by atoms with Gasteiger partial charge in [0, 0.05) is 19.2 Å². The number of aromatic nitrogens is 1. The number of hydrogen-bond acceptors (Lipinski definition) is 3. The Bertz CT molecular complexity index is 497. The van der Waals surface area contributed by atoms with E-state index < -0.39 is 5.54 Å². The third kappa shape index (κ3) is 2.20. The number of aryl methyl sites for hydroxylation is 1. The Morgan fingerprint density at radius 3 is 2.78 bits per heavy atom. The molecule has 2 heterocycles. The van der Waals surface area contributed by atoms with E-state index in [0.29, 0.717) is 13.0 Å². The molecule has 0 saturated carbocycles. The SMILES string of the molecule is Cc1ncccc1N1CCC(=O)NC(C)(C)C1=O. The molecule has 1 saturated heterocycles. The highest BCUT2D eigenvalue weighted by Crippen LogP contribution is 2.23. The normalized spacial score (nSPS) is 19.4. The quantitative estimate of drug-likeness (QED) is 0.806. The molecule has 0 aliphatic carbocycles. The summed E-state index contributed by atoms with van der Waals surface area (Å²) in [5.74, 6) is -0.207. The van der Waals surface area contributed by atoms with Crippen molar-refractivity contribution >= 4 is 17.5 Å². The van der Waals surface area contributed by atoms with Crippen LogP contribution in [0.4, 0.5) is 5.69 Å². The van der Waals surface area contributed by atoms with Gasteiger partial charge in [-0.05, 0) is 32.9 Å². The molecular formula is C13H17N3O2. The number of nitrogens with one attached hydrogen (secondary N) is 1. The molecule has 1 N–H and O–H groups in total. The molecule has 0 aromatic carbocycles. The van der Waals surface area contributed by atoms with Crippen LogP contribution in [0, 0.1) is 6.92 Å². The summed E-state index contributed by atoms with van der Waals surface area (Å²) in [6.45, 7) is 5.69. The summed E-state index contributed by atoms with van der Waals surface area (Å²) in [5.41, 5.74) is 0.679. The third-order valence-corrected chi connectivity index (χ3v) is 3.06. The molecule has 0 radical (unpaired) electrons. The van der Waals surface area contributed by atoms with Crippen molar-refractivity contribution in [3.63, 3.8) is 0 Å². The first-order valence-corrected chi connectivity index (χ1v) is 5.96. The highest BCUT2D eigenvalue weighted by atomic mass is 16.2. The Labute approximate surface area is 106 Å². The van der Waals surface area contributed by atoms with Crippen LogP contribution < -0.4 is 10.2 Å². The van der Waals surface area contributed by atoms with Crippen LogP contribution in [0.25, 0.3) is 0 Å². The summed E-state index contributed by atoms with van der Waals surface area (Å²) in [4.78, 5) is 29.9. The number of hydrogen-bond donors (Lipinski definition) is 1. The highest BCUT2D eigenvalue weighted by Gasteiger charge is 2.37. The molecule has 0 bridgehead atoms. The van der Waals surface area contributed by atoms with Crippen LogP contribution in [0.2, 0.25) is 0 Å². The number of amides is 2. The molecule has 2 amide bonds. The Morgan fingerprint density at radius 1 is 1.39 bits per heavy atom. The van der Waals surface area contributed by atoms with Gasteiger partial charge in [-0.15, -0.1) is 0 Å². The van der Waals surface area contributed by atoms with Crippen molar-refractivity contribution in [2.45, 2.75) is 32.7 Å². The van der Waals surface area contributed by atoms with Crippen molar-refractivity contribution in [1.82, 2.24) is 10.3 Å². The molecule has 5 heteroatoms. The van der Waals surface area contributed by atoms with E-state index in [2.05, 4.69) is 10.3 Å². The van der Waals surface area contributed by atoms with Crippen molar-refractivity contribution in [3.05, 3.63) is 24.0 Å². The lowest BCUT2D eigenvalue weighted by molar-refractivity contribution is -0.128. The second-order valence-corrected chi connectivity index (χ2v) is 4.99. The lowest BCUT2D eigenvalue weighted by atomic mass is 10.0. The molecule has 96 valence electrons. The molecule has 0 spiro atoms. The predicted molar refractivity (Wildman–Crippen MR) is 68.2 cm³/mol. The summed E-state index contributed by atoms with van der Waals surface area (Å²) in [7, 11) is 0. The van der Waals surface area contributed by atoms with Crippen LogP contribution in [0.1, 0.15) is 26.0 Å². The van der Waals surface area contributed by atoms with Crippen LogP contribution in [0.5, 0.6) is 0 Å². The second-order valence-electron chi connectivity index (χ2n) is 4.99. The van der Waals surface area contributed by atoms with E-state index in [1.165, 1.54) is 0 Å². The monoisotopic (exact) mass is 247 g/mol. The molecule has 1 aliphatic heterocycles. The van der Waals surface area contributed by atoms with Gasteiger partial charge in [-0.25, -0.2) is 0 Å². The average molecular weight is 247 g/mol. The van der Waals surface area contributed by atoms with Gasteiger partial charge in [-0.3, -0.25) is 14.6 Å². The lowest BCUT2D eigenvalue weighted by Gasteiger charge is -2.29. The van der Waals surface area contributed by atoms with Gasteiger partial charge in [0.25, 0.3) is 5.91 Å². The number of carbonyl (C=O) groups excluding carboxylic acids is 2. The zero-order chi connectivity index (χ0) is 13.3. The molecule has 2 rings (SSSR count). The zero-order valence-electron chi connectivity index (χ0n) is 10.9. The first-order chi connectivity index (χ1) is 8.42. The second kappa shape index (κ2) is 4.40. The number of anilines is 1. The van der Waals surface area contributed by atoms with E-state index in [9.17, 15) is 9.59 Å². The Hall–Kier alpha value is -1.91. The van der Waals surface area contributed by atoms with Gasteiger partial charge >= 0.3 is 0 Å². The summed E-state index contributed by atoms with van der Waals surface area (Å²) in [5, 5.41) is 2.74. The summed E-state index contributed by atoms with van der Waals surface area (Å²) in [6, 6.07) is 3.65. The standard InChI is InChI=1S/C13H17N3O2/c1-9-10(5-4-7-14-9)16-8-6-11(17)15-13(2,3)12(16)18/h4-5,7H,6,8H2,1-3H3,(H,15,17).